The third kappa shape index (κ3) is 2.22. The first-order valence-electron chi connectivity index (χ1n) is 7.97. The lowest BCUT2D eigenvalue weighted by Gasteiger charge is -2.09. The molecule has 0 atom stereocenters. The molecule has 4 rings (SSSR count). The summed E-state index contributed by atoms with van der Waals surface area (Å²) in [5.41, 5.74) is 2.64. The largest absolute Gasteiger partial charge is 0.293 e. The van der Waals surface area contributed by atoms with Crippen LogP contribution in [0, 0.1) is 17.2 Å². The Labute approximate surface area is 143 Å². The van der Waals surface area contributed by atoms with Crippen molar-refractivity contribution in [3.05, 3.63) is 51.4 Å². The van der Waals surface area contributed by atoms with Gasteiger partial charge in [0.1, 0.15) is 17.0 Å². The van der Waals surface area contributed by atoms with Crippen LogP contribution in [0.25, 0.3) is 0 Å². The van der Waals surface area contributed by atoms with Gasteiger partial charge in [0, 0.05) is 22.2 Å². The number of nitrogens with zero attached hydrogens (tertiary/aromatic N) is 2. The summed E-state index contributed by atoms with van der Waals surface area (Å²) in [4.78, 5) is 30.4. The maximum absolute atomic E-state index is 12.4. The van der Waals surface area contributed by atoms with Crippen molar-refractivity contribution in [1.82, 2.24) is 0 Å². The molecule has 0 unspecified atom stereocenters. The van der Waals surface area contributed by atoms with Crippen LogP contribution in [0.1, 0.15) is 49.6 Å². The van der Waals surface area contributed by atoms with Gasteiger partial charge in [0.25, 0.3) is 0 Å². The van der Waals surface area contributed by atoms with E-state index in [1.165, 1.54) is 22.4 Å². The van der Waals surface area contributed by atoms with Crippen molar-refractivity contribution in [3.8, 4) is 6.07 Å². The van der Waals surface area contributed by atoms with E-state index in [2.05, 4.69) is 11.1 Å². The van der Waals surface area contributed by atoms with E-state index in [0.29, 0.717) is 21.7 Å². The van der Waals surface area contributed by atoms with E-state index in [1.807, 2.05) is 0 Å². The van der Waals surface area contributed by atoms with E-state index in [9.17, 15) is 14.9 Å². The quantitative estimate of drug-likeness (QED) is 0.618. The fraction of sp³-hybridized carbons (Fsp3) is 0.263. The van der Waals surface area contributed by atoms with Gasteiger partial charge in [-0.2, -0.15) is 5.26 Å². The van der Waals surface area contributed by atoms with E-state index in [4.69, 9.17) is 0 Å². The van der Waals surface area contributed by atoms with Gasteiger partial charge in [-0.3, -0.25) is 9.59 Å². The topological polar surface area (TPSA) is 70.3 Å². The average Bonchev–Trinajstić information content (AvgIpc) is 3.09. The fourth-order valence-electron chi connectivity index (χ4n) is 3.40. The van der Waals surface area contributed by atoms with Crippen LogP contribution >= 0.6 is 11.3 Å². The third-order valence-electron chi connectivity index (χ3n) is 4.63. The van der Waals surface area contributed by atoms with Gasteiger partial charge < -0.3 is 0 Å². The summed E-state index contributed by atoms with van der Waals surface area (Å²) in [7, 11) is 0. The summed E-state index contributed by atoms with van der Waals surface area (Å²) in [5.74, 6) is -1.29. The predicted octanol–water partition coefficient (Wildman–Crippen LogP) is 3.90. The number of aliphatic imine (C=N–C) groups is 1. The van der Waals surface area contributed by atoms with Gasteiger partial charge in [-0.15, -0.1) is 11.3 Å². The minimum Gasteiger partial charge on any atom is -0.293 e. The first kappa shape index (κ1) is 15.0. The lowest BCUT2D eigenvalue weighted by atomic mass is 9.96. The molecule has 0 radical (unpaired) electrons. The van der Waals surface area contributed by atoms with Crippen molar-refractivity contribution in [2.45, 2.75) is 25.7 Å². The van der Waals surface area contributed by atoms with E-state index in [0.717, 1.165) is 31.2 Å². The number of hydrogen-bond acceptors (Lipinski definition) is 5. The maximum atomic E-state index is 12.4. The van der Waals surface area contributed by atoms with Crippen molar-refractivity contribution in [3.63, 3.8) is 0 Å². The molecule has 0 N–H and O–H groups in total. The molecule has 0 fully saturated rings. The first-order chi connectivity index (χ1) is 11.7. The van der Waals surface area contributed by atoms with Crippen LogP contribution in [-0.2, 0) is 12.8 Å². The van der Waals surface area contributed by atoms with E-state index >= 15 is 0 Å². The Morgan fingerprint density at radius 1 is 1.12 bits per heavy atom. The zero-order chi connectivity index (χ0) is 16.7. The number of aryl methyl sites for hydroxylation is 1. The molecule has 1 aromatic heterocycles. The normalized spacial score (nSPS) is 17.1. The molecule has 118 valence electrons. The third-order valence-corrected chi connectivity index (χ3v) is 5.83. The van der Waals surface area contributed by atoms with E-state index in [1.54, 1.807) is 24.3 Å². The Kier molecular flexibility index (Phi) is 3.62. The van der Waals surface area contributed by atoms with Crippen molar-refractivity contribution in [1.29, 1.82) is 5.26 Å². The van der Waals surface area contributed by atoms with Crippen LogP contribution in [-0.4, -0.2) is 17.8 Å². The second-order valence-corrected chi connectivity index (χ2v) is 7.12. The second-order valence-electron chi connectivity index (χ2n) is 6.03. The molecular formula is C19H14N2O2S. The molecular weight excluding hydrogens is 320 g/mol. The Balaban J connectivity index is 1.68. The van der Waals surface area contributed by atoms with Gasteiger partial charge in [0.15, 0.2) is 11.6 Å². The average molecular weight is 334 g/mol. The van der Waals surface area contributed by atoms with E-state index < -0.39 is 5.92 Å². The van der Waals surface area contributed by atoms with Crippen molar-refractivity contribution >= 4 is 34.1 Å². The molecule has 1 heterocycles. The Morgan fingerprint density at radius 2 is 1.79 bits per heavy atom. The number of rotatable bonds is 2. The summed E-state index contributed by atoms with van der Waals surface area (Å²) < 4.78 is 0. The number of carbonyl (C=O) groups is 2. The van der Waals surface area contributed by atoms with Crippen LogP contribution < -0.4 is 0 Å². The molecule has 2 aliphatic rings. The molecule has 24 heavy (non-hydrogen) atoms. The standard InChI is InChI=1S/C19H14N2O2S/c20-9-14-11-5-3-4-8-16(11)24-19(14)21-10-15-17(22)12-6-1-2-7-13(12)18(15)23/h1-2,6-7,10,15H,3-5,8H2. The number of benzene rings is 1. The zero-order valence-electron chi connectivity index (χ0n) is 12.9. The molecule has 0 saturated heterocycles. The number of thiophene rings is 1. The SMILES string of the molecule is N#Cc1c(N=CC2C(=O)c3ccccc3C2=O)sc2c1CCCC2. The van der Waals surface area contributed by atoms with Crippen LogP contribution in [0.3, 0.4) is 0 Å². The maximum Gasteiger partial charge on any atom is 0.179 e. The smallest absolute Gasteiger partial charge is 0.179 e. The first-order valence-corrected chi connectivity index (χ1v) is 8.78. The highest BCUT2D eigenvalue weighted by molar-refractivity contribution is 7.16. The Hall–Kier alpha value is -2.58. The predicted molar refractivity (Wildman–Crippen MR) is 92.4 cm³/mol. The second kappa shape index (κ2) is 5.81. The molecule has 0 bridgehead atoms. The molecule has 0 amide bonds. The minimum atomic E-state index is -0.868. The number of fused-ring (bicyclic) bond motifs is 2. The number of ketones is 2. The molecule has 1 aromatic carbocycles. The van der Waals surface area contributed by atoms with Gasteiger partial charge in [-0.1, -0.05) is 24.3 Å². The van der Waals surface area contributed by atoms with Crippen molar-refractivity contribution in [2.24, 2.45) is 10.9 Å². The Morgan fingerprint density at radius 3 is 2.46 bits per heavy atom. The van der Waals surface area contributed by atoms with Gasteiger partial charge >= 0.3 is 0 Å². The summed E-state index contributed by atoms with van der Waals surface area (Å²) in [6.07, 6.45) is 5.55. The van der Waals surface area contributed by atoms with Gasteiger partial charge in [0.05, 0.1) is 5.56 Å². The molecule has 4 nitrogen and oxygen atoms in total. The van der Waals surface area contributed by atoms with Gasteiger partial charge in [-0.05, 0) is 31.2 Å². The monoisotopic (exact) mass is 334 g/mol. The van der Waals surface area contributed by atoms with Crippen LogP contribution in [0.5, 0.6) is 0 Å². The highest BCUT2D eigenvalue weighted by Crippen LogP contribution is 2.39. The molecule has 2 aliphatic carbocycles. The summed E-state index contributed by atoms with van der Waals surface area (Å²) >= 11 is 1.51. The van der Waals surface area contributed by atoms with Crippen molar-refractivity contribution in [2.75, 3.05) is 0 Å². The van der Waals surface area contributed by atoms with E-state index in [-0.39, 0.29) is 11.6 Å². The van der Waals surface area contributed by atoms with Crippen LogP contribution in [0.4, 0.5) is 5.00 Å². The highest BCUT2D eigenvalue weighted by Gasteiger charge is 2.37. The minimum absolute atomic E-state index is 0.209. The number of hydrogen-bond donors (Lipinski definition) is 0. The van der Waals surface area contributed by atoms with Gasteiger partial charge in [-0.25, -0.2) is 4.99 Å². The van der Waals surface area contributed by atoms with Crippen LogP contribution in [0.15, 0.2) is 29.3 Å². The molecule has 0 spiro atoms. The number of nitriles is 1. The number of Topliss-reactive ketones (excluding diaryl/α,β-unsaturated/α-hetero) is 2. The molecule has 5 heteroatoms. The molecule has 0 aliphatic heterocycles. The fourth-order valence-corrected chi connectivity index (χ4v) is 4.59. The molecule has 2 aromatic rings. The lowest BCUT2D eigenvalue weighted by molar-refractivity contribution is 0.0886. The number of carbonyl (C=O) groups excluding carboxylic acids is 2. The Bertz CT molecular complexity index is 898. The zero-order valence-corrected chi connectivity index (χ0v) is 13.7. The molecule has 0 saturated carbocycles. The van der Waals surface area contributed by atoms with Crippen molar-refractivity contribution < 1.29 is 9.59 Å². The lowest BCUT2D eigenvalue weighted by Crippen LogP contribution is -2.16. The summed E-state index contributed by atoms with van der Waals surface area (Å²) in [5, 5.41) is 10.1. The summed E-state index contributed by atoms with van der Waals surface area (Å²) in [6.45, 7) is 0. The highest BCUT2D eigenvalue weighted by atomic mass is 32.1. The van der Waals surface area contributed by atoms with Crippen LogP contribution in [0.2, 0.25) is 0 Å². The van der Waals surface area contributed by atoms with Gasteiger partial charge in [0.2, 0.25) is 0 Å². The summed E-state index contributed by atoms with van der Waals surface area (Å²) in [6, 6.07) is 9.10.